The standard InChI is InChI=1S/C72H104N24O21S/c1-4-42(81-55(100)31-73)59(105)87-49-29-39-33-95(93-92-39)25-9-15-46(61(107)88-50(69(115)94(3)34-57(103)104)27-37-17-19-40(98)20-18-37)82-63(109)47(21-22-54(74)99)84-64(110)48(28-38-32-80-43-12-6-5-11-41(38)43)86-60(106)44(14-8-24-79-72(77)117)83-66(112)52(35-118)90-62(108)45(13-7-23-78-71(75)76)85-67(113)53-16-10-26-96(53)70(116)51(30-56(101)102)89-68(114)58(36(2)97)91-65(49)111/h5-6,11-12,17-20,32-33,36,42,44-53,58,80,97-98,118H,4,7-10,13-16,21-31,34-35,73H2,1-3H3,(H2,74,99)(H,81,100)(H,82,109)(H,83,112)(H,84,110)(H,85,113)(H,86,106)(H,87,105)(H,88,107)(H,89,114)(H,90,108)(H,91,111)(H,101,102)(H,103,104)(H4,75,76,78)(H3,77,79,117)/t36-,42+,44-,45-,46-,47-,48+,49+,50+,51-,52+,53?,58+/m0/s1. The fraction of sp³-hybridized carbons (Fsp3) is 0.528. The number of guanidine groups is 1. The molecule has 2 aliphatic heterocycles. The van der Waals surface area contributed by atoms with Gasteiger partial charge >= 0.3 is 18.0 Å². The number of para-hydroxylation sites is 1. The summed E-state index contributed by atoms with van der Waals surface area (Å²) in [5, 5.41) is 90.1. The second kappa shape index (κ2) is 46.1. The van der Waals surface area contributed by atoms with E-state index in [9.17, 15) is 82.8 Å². The van der Waals surface area contributed by atoms with E-state index in [1.54, 1.807) is 24.3 Å². The number of aliphatic hydroxyl groups excluding tert-OH is 1. The number of carboxylic acids is 2. The first kappa shape index (κ1) is 94.1. The molecular weight excluding hydrogens is 1570 g/mol. The number of aliphatic carboxylic acids is 2. The molecule has 1 saturated heterocycles. The lowest BCUT2D eigenvalue weighted by atomic mass is 10.0. The Morgan fingerprint density at radius 3 is 1.90 bits per heavy atom. The van der Waals surface area contributed by atoms with Crippen LogP contribution in [0.5, 0.6) is 5.75 Å². The molecule has 2 aromatic carbocycles. The number of primary amides is 2. The summed E-state index contributed by atoms with van der Waals surface area (Å²) < 4.78 is 1.20. The Morgan fingerprint density at radius 2 is 1.29 bits per heavy atom. The fourth-order valence-corrected chi connectivity index (χ4v) is 13.2. The molecule has 0 aliphatic carbocycles. The number of hydrogen-bond donors (Lipinski definition) is 24. The quantitative estimate of drug-likeness (QED) is 0.0104. The summed E-state index contributed by atoms with van der Waals surface area (Å²) in [5.41, 5.74) is 23.3. The van der Waals surface area contributed by atoms with E-state index in [0.717, 1.165) is 23.8 Å². The number of amides is 16. The van der Waals surface area contributed by atoms with Gasteiger partial charge in [-0.2, -0.15) is 12.6 Å². The maximum Gasteiger partial charge on any atom is 0.323 e. The summed E-state index contributed by atoms with van der Waals surface area (Å²) in [6.45, 7) is 0.479. The zero-order valence-electron chi connectivity index (χ0n) is 65.1. The van der Waals surface area contributed by atoms with Gasteiger partial charge in [0.1, 0.15) is 84.8 Å². The molecule has 46 heteroatoms. The number of aryl methyl sites for hydroxylation is 1. The molecule has 13 atom stereocenters. The maximum absolute atomic E-state index is 15.3. The number of carboxylic acid groups (broad SMARTS) is 2. The molecule has 118 heavy (non-hydrogen) atoms. The number of H-pyrrole nitrogens is 1. The smallest absolute Gasteiger partial charge is 0.323 e. The van der Waals surface area contributed by atoms with Gasteiger partial charge < -0.3 is 127 Å². The molecule has 4 heterocycles. The Bertz CT molecular complexity index is 4280. The van der Waals surface area contributed by atoms with Crippen LogP contribution in [0.3, 0.4) is 0 Å². The fourth-order valence-electron chi connectivity index (χ4n) is 12.9. The van der Waals surface area contributed by atoms with E-state index in [0.29, 0.717) is 22.0 Å². The van der Waals surface area contributed by atoms with Crippen LogP contribution in [0.1, 0.15) is 108 Å². The van der Waals surface area contributed by atoms with Gasteiger partial charge in [-0.05, 0) is 100 Å². The van der Waals surface area contributed by atoms with Crippen LogP contribution in [-0.2, 0) is 103 Å². The van der Waals surface area contributed by atoms with Crippen molar-refractivity contribution in [1.29, 1.82) is 5.41 Å². The van der Waals surface area contributed by atoms with Crippen LogP contribution in [0.2, 0.25) is 0 Å². The van der Waals surface area contributed by atoms with Gasteiger partial charge in [-0.3, -0.25) is 86.8 Å². The van der Waals surface area contributed by atoms with E-state index < -0.39 is 236 Å². The number of aromatic hydroxyl groups is 1. The van der Waals surface area contributed by atoms with Crippen LogP contribution >= 0.6 is 12.6 Å². The van der Waals surface area contributed by atoms with Crippen molar-refractivity contribution < 1.29 is 102 Å². The highest BCUT2D eigenvalue weighted by Crippen LogP contribution is 2.23. The minimum atomic E-state index is -2.07. The number of carbonyl (C=O) groups excluding carboxylic acids is 15. The molecule has 2 bridgehead atoms. The van der Waals surface area contributed by atoms with Gasteiger partial charge in [-0.1, -0.05) is 42.5 Å². The van der Waals surface area contributed by atoms with E-state index in [1.807, 2.05) is 0 Å². The summed E-state index contributed by atoms with van der Waals surface area (Å²) in [6.07, 6.45) is -4.05. The molecule has 2 aromatic heterocycles. The maximum atomic E-state index is 15.3. The highest BCUT2D eigenvalue weighted by atomic mass is 32.1. The van der Waals surface area contributed by atoms with Gasteiger partial charge in [0.2, 0.25) is 82.7 Å². The number of likely N-dealkylation sites (N-methyl/N-ethyl adjacent to an activating group) is 1. The first-order valence-corrected chi connectivity index (χ1v) is 38.5. The van der Waals surface area contributed by atoms with E-state index in [4.69, 9.17) is 28.3 Å². The molecule has 0 saturated carbocycles. The number of benzene rings is 2. The molecule has 27 N–H and O–H groups in total. The van der Waals surface area contributed by atoms with Crippen molar-refractivity contribution in [1.82, 2.24) is 98.9 Å². The summed E-state index contributed by atoms with van der Waals surface area (Å²) >= 11 is 4.34. The number of urea groups is 1. The van der Waals surface area contributed by atoms with Crippen LogP contribution in [0, 0.1) is 5.41 Å². The first-order chi connectivity index (χ1) is 56.0. The minimum Gasteiger partial charge on any atom is -0.508 e. The third-order valence-electron chi connectivity index (χ3n) is 19.1. The number of nitrogens with two attached hydrogens (primary N) is 4. The van der Waals surface area contributed by atoms with E-state index in [-0.39, 0.29) is 102 Å². The van der Waals surface area contributed by atoms with Crippen molar-refractivity contribution in [2.75, 3.05) is 45.5 Å². The number of carbonyl (C=O) groups is 17. The van der Waals surface area contributed by atoms with E-state index in [2.05, 4.69) is 97.0 Å². The summed E-state index contributed by atoms with van der Waals surface area (Å²) in [5.74, 6) is -19.2. The van der Waals surface area contributed by atoms with Crippen LogP contribution in [0.4, 0.5) is 4.79 Å². The average Bonchev–Trinajstić information content (AvgIpc) is 1.66. The molecule has 4 aromatic rings. The lowest BCUT2D eigenvalue weighted by molar-refractivity contribution is -0.146. The second-order valence-corrected chi connectivity index (χ2v) is 28.6. The Hall–Kier alpha value is -12.7. The molecule has 2 aliphatic rings. The molecule has 1 unspecified atom stereocenters. The largest absolute Gasteiger partial charge is 0.508 e. The number of aromatic nitrogens is 4. The molecule has 1 fully saturated rings. The van der Waals surface area contributed by atoms with E-state index in [1.165, 1.54) is 48.3 Å². The van der Waals surface area contributed by atoms with Crippen LogP contribution in [0.15, 0.2) is 60.9 Å². The third-order valence-corrected chi connectivity index (χ3v) is 19.5. The molecule has 6 rings (SSSR count). The van der Waals surface area contributed by atoms with Gasteiger partial charge in [-0.25, -0.2) is 4.79 Å². The van der Waals surface area contributed by atoms with Crippen molar-refractivity contribution >= 4 is 130 Å². The second-order valence-electron chi connectivity index (χ2n) is 28.2. The monoisotopic (exact) mass is 1670 g/mol. The number of fused-ring (bicyclic) bond motifs is 4. The molecule has 644 valence electrons. The lowest BCUT2D eigenvalue weighted by Crippen LogP contribution is -2.62. The van der Waals surface area contributed by atoms with Crippen molar-refractivity contribution in [2.24, 2.45) is 22.9 Å². The predicted octanol–water partition coefficient (Wildman–Crippen LogP) is -7.72. The van der Waals surface area contributed by atoms with Crippen LogP contribution in [-0.4, -0.2) is 281 Å². The number of aliphatic hydroxyl groups is 1. The van der Waals surface area contributed by atoms with Crippen molar-refractivity contribution in [2.45, 2.75) is 195 Å². The van der Waals surface area contributed by atoms with Crippen molar-refractivity contribution in [3.05, 3.63) is 77.7 Å². The zero-order valence-corrected chi connectivity index (χ0v) is 66.0. The summed E-state index contributed by atoms with van der Waals surface area (Å²) in [7, 11) is 1.15. The van der Waals surface area contributed by atoms with Gasteiger partial charge in [0.15, 0.2) is 5.96 Å². The normalized spacial score (nSPS) is 22.0. The molecule has 0 spiro atoms. The van der Waals surface area contributed by atoms with Gasteiger partial charge in [0.25, 0.3) is 0 Å². The Morgan fingerprint density at radius 1 is 0.695 bits per heavy atom. The number of phenols is 1. The van der Waals surface area contributed by atoms with E-state index >= 15 is 19.2 Å². The minimum absolute atomic E-state index is 0.00873. The van der Waals surface area contributed by atoms with Crippen molar-refractivity contribution in [3.8, 4) is 5.75 Å². The number of nitrogens with zero attached hydrogens (tertiary/aromatic N) is 5. The topological polar surface area (TPSA) is 708 Å². The van der Waals surface area contributed by atoms with Gasteiger partial charge in [-0.15, -0.1) is 5.10 Å². The average molecular weight is 1670 g/mol. The number of thiol groups is 1. The first-order valence-electron chi connectivity index (χ1n) is 37.9. The number of phenolic OH excluding ortho intramolecular Hbond substituents is 1. The molecule has 0 radical (unpaired) electrons. The number of aromatic amines is 1. The summed E-state index contributed by atoms with van der Waals surface area (Å²) in [6, 6.07) is -9.32. The Labute approximate surface area is 680 Å². The molecule has 45 nitrogen and oxygen atoms in total. The third kappa shape index (κ3) is 29.5. The van der Waals surface area contributed by atoms with Gasteiger partial charge in [0.05, 0.1) is 24.8 Å². The summed E-state index contributed by atoms with van der Waals surface area (Å²) in [4.78, 5) is 243. The highest BCUT2D eigenvalue weighted by Gasteiger charge is 2.43. The highest BCUT2D eigenvalue weighted by molar-refractivity contribution is 7.80. The molecule has 16 amide bonds. The Balaban J connectivity index is 1.50. The number of nitrogens with one attached hydrogen (secondary N) is 15. The van der Waals surface area contributed by atoms with Crippen LogP contribution < -0.4 is 92.1 Å². The SMILES string of the molecule is CC[C@@H](NC(=O)CN)C(=O)N[C@@H]1Cc2cn(nn2)CCC[C@@H](C(=O)N[C@H](Cc2ccc(O)cc2)C(=O)N(C)CC(=O)O)NC(=O)[C@H](CCC(N)=O)NC(=O)[C@@H](Cc2c[nH]c3ccccc23)NC(=O)[C@H](CCCNC(N)=O)NC(=O)[C@@H](CS)NC(=O)[C@H](CCCNC(=N)N)NC(=O)C2CCCN2C(=O)[C@H](CC(=O)O)NC(=O)[C@@H]([C@H](C)O)NC1=O. The van der Waals surface area contributed by atoms with Crippen LogP contribution in [0.25, 0.3) is 10.9 Å². The van der Waals surface area contributed by atoms with Crippen molar-refractivity contribution in [3.63, 3.8) is 0 Å². The number of rotatable bonds is 29. The number of hydrogen-bond acceptors (Lipinski definition) is 24. The molecular formula is C72H104N24O21S. The predicted molar refractivity (Wildman–Crippen MR) is 420 cm³/mol. The Kier molecular flexibility index (Phi) is 36.8. The van der Waals surface area contributed by atoms with Gasteiger partial charge in [0, 0.05) is 88.0 Å². The lowest BCUT2D eigenvalue weighted by Gasteiger charge is -2.31. The zero-order chi connectivity index (χ0) is 87.0.